The van der Waals surface area contributed by atoms with Crippen LogP contribution in [0.5, 0.6) is 0 Å². The van der Waals surface area contributed by atoms with Crippen LogP contribution in [-0.2, 0) is 0 Å². The minimum absolute atomic E-state index is 0.142. The van der Waals surface area contributed by atoms with Gasteiger partial charge in [-0.1, -0.05) is 30.0 Å². The first-order valence-electron chi connectivity index (χ1n) is 6.10. The van der Waals surface area contributed by atoms with Crippen molar-refractivity contribution in [2.45, 2.75) is 9.79 Å². The molecule has 0 saturated carbocycles. The summed E-state index contributed by atoms with van der Waals surface area (Å²) in [5, 5.41) is 9.95. The standard InChI is InChI=1S/C16H8F2N2S/c17-11-5-6-13(18)15(7-11)21-16-10(8-19)9-20-14-4-2-1-3-12(14)16/h1-7,9H. The van der Waals surface area contributed by atoms with Crippen molar-refractivity contribution in [3.8, 4) is 6.07 Å². The zero-order chi connectivity index (χ0) is 14.8. The first-order valence-corrected chi connectivity index (χ1v) is 6.91. The van der Waals surface area contributed by atoms with E-state index in [-0.39, 0.29) is 4.90 Å². The van der Waals surface area contributed by atoms with Crippen molar-refractivity contribution < 1.29 is 8.78 Å². The van der Waals surface area contributed by atoms with Gasteiger partial charge in [-0.3, -0.25) is 4.98 Å². The van der Waals surface area contributed by atoms with Gasteiger partial charge in [-0.2, -0.15) is 5.26 Å². The van der Waals surface area contributed by atoms with Gasteiger partial charge in [-0.05, 0) is 24.3 Å². The predicted octanol–water partition coefficient (Wildman–Crippen LogP) is 4.54. The van der Waals surface area contributed by atoms with Crippen molar-refractivity contribution in [3.05, 3.63) is 65.9 Å². The van der Waals surface area contributed by atoms with Gasteiger partial charge in [0.25, 0.3) is 0 Å². The number of nitrogens with zero attached hydrogens (tertiary/aromatic N) is 2. The molecule has 1 heterocycles. The summed E-state index contributed by atoms with van der Waals surface area (Å²) in [6.07, 6.45) is 1.45. The number of para-hydroxylation sites is 1. The van der Waals surface area contributed by atoms with Crippen LogP contribution in [0, 0.1) is 23.0 Å². The minimum atomic E-state index is -0.522. The van der Waals surface area contributed by atoms with Crippen LogP contribution in [-0.4, -0.2) is 4.98 Å². The van der Waals surface area contributed by atoms with Crippen molar-refractivity contribution in [2.24, 2.45) is 0 Å². The highest BCUT2D eigenvalue weighted by atomic mass is 32.2. The van der Waals surface area contributed by atoms with Crippen molar-refractivity contribution >= 4 is 22.7 Å². The molecular formula is C16H8F2N2S. The topological polar surface area (TPSA) is 36.7 Å². The van der Waals surface area contributed by atoms with E-state index in [1.807, 2.05) is 30.3 Å². The molecule has 0 spiro atoms. The number of halogens is 2. The molecule has 0 aliphatic rings. The molecule has 0 aliphatic carbocycles. The van der Waals surface area contributed by atoms with Gasteiger partial charge in [0.15, 0.2) is 0 Å². The van der Waals surface area contributed by atoms with E-state index in [9.17, 15) is 14.0 Å². The molecule has 0 radical (unpaired) electrons. The maximum atomic E-state index is 13.8. The van der Waals surface area contributed by atoms with Gasteiger partial charge in [0.1, 0.15) is 17.7 Å². The van der Waals surface area contributed by atoms with E-state index >= 15 is 0 Å². The molecule has 3 aromatic rings. The lowest BCUT2D eigenvalue weighted by atomic mass is 10.2. The quantitative estimate of drug-likeness (QED) is 0.697. The molecule has 102 valence electrons. The molecule has 3 rings (SSSR count). The van der Waals surface area contributed by atoms with Crippen molar-refractivity contribution in [3.63, 3.8) is 0 Å². The van der Waals surface area contributed by atoms with Gasteiger partial charge in [0.2, 0.25) is 0 Å². The second kappa shape index (κ2) is 5.51. The second-order valence-electron chi connectivity index (χ2n) is 4.31. The van der Waals surface area contributed by atoms with Crippen molar-refractivity contribution in [1.82, 2.24) is 4.98 Å². The first-order chi connectivity index (χ1) is 10.2. The zero-order valence-corrected chi connectivity index (χ0v) is 11.5. The third-order valence-electron chi connectivity index (χ3n) is 2.95. The molecule has 2 aromatic carbocycles. The number of aromatic nitrogens is 1. The third-order valence-corrected chi connectivity index (χ3v) is 4.13. The van der Waals surface area contributed by atoms with Crippen LogP contribution in [0.3, 0.4) is 0 Å². The molecule has 0 aliphatic heterocycles. The normalized spacial score (nSPS) is 10.5. The van der Waals surface area contributed by atoms with Crippen LogP contribution in [0.1, 0.15) is 5.56 Å². The molecule has 0 bridgehead atoms. The first kappa shape index (κ1) is 13.5. The van der Waals surface area contributed by atoms with Crippen LogP contribution in [0.25, 0.3) is 10.9 Å². The van der Waals surface area contributed by atoms with E-state index in [2.05, 4.69) is 4.98 Å². The Labute approximate surface area is 124 Å². The summed E-state index contributed by atoms with van der Waals surface area (Å²) >= 11 is 1.03. The van der Waals surface area contributed by atoms with Gasteiger partial charge in [0, 0.05) is 16.5 Å². The van der Waals surface area contributed by atoms with E-state index in [4.69, 9.17) is 0 Å². The second-order valence-corrected chi connectivity index (χ2v) is 5.36. The summed E-state index contributed by atoms with van der Waals surface area (Å²) in [5.41, 5.74) is 1.04. The number of hydrogen-bond donors (Lipinski definition) is 0. The third kappa shape index (κ3) is 2.58. The smallest absolute Gasteiger partial charge is 0.137 e. The molecule has 0 fully saturated rings. The fourth-order valence-corrected chi connectivity index (χ4v) is 3.02. The lowest BCUT2D eigenvalue weighted by molar-refractivity contribution is 0.577. The Hall–Kier alpha value is -2.45. The maximum Gasteiger partial charge on any atom is 0.137 e. The van der Waals surface area contributed by atoms with E-state index in [0.717, 1.165) is 35.3 Å². The van der Waals surface area contributed by atoms with Gasteiger partial charge < -0.3 is 0 Å². The number of fused-ring (bicyclic) bond motifs is 1. The van der Waals surface area contributed by atoms with E-state index < -0.39 is 11.6 Å². The Bertz CT molecular complexity index is 872. The predicted molar refractivity (Wildman–Crippen MR) is 76.9 cm³/mol. The van der Waals surface area contributed by atoms with Crippen LogP contribution < -0.4 is 0 Å². The fourth-order valence-electron chi connectivity index (χ4n) is 1.97. The number of rotatable bonds is 2. The van der Waals surface area contributed by atoms with Crippen LogP contribution >= 0.6 is 11.8 Å². The van der Waals surface area contributed by atoms with Crippen LogP contribution in [0.4, 0.5) is 8.78 Å². The van der Waals surface area contributed by atoms with Crippen molar-refractivity contribution in [1.29, 1.82) is 5.26 Å². The molecular weight excluding hydrogens is 290 g/mol. The largest absolute Gasteiger partial charge is 0.255 e. The molecule has 0 N–H and O–H groups in total. The van der Waals surface area contributed by atoms with Crippen molar-refractivity contribution in [2.75, 3.05) is 0 Å². The van der Waals surface area contributed by atoms with Gasteiger partial charge in [0.05, 0.1) is 16.0 Å². The summed E-state index contributed by atoms with van der Waals surface area (Å²) in [7, 11) is 0. The average molecular weight is 298 g/mol. The molecule has 21 heavy (non-hydrogen) atoms. The number of nitriles is 1. The molecule has 1 aromatic heterocycles. The SMILES string of the molecule is N#Cc1cnc2ccccc2c1Sc1cc(F)ccc1F. The molecule has 0 amide bonds. The van der Waals surface area contributed by atoms with Gasteiger partial charge >= 0.3 is 0 Å². The molecule has 0 unspecified atom stereocenters. The summed E-state index contributed by atoms with van der Waals surface area (Å²) in [4.78, 5) is 4.91. The van der Waals surface area contributed by atoms with Crippen LogP contribution in [0.2, 0.25) is 0 Å². The lowest BCUT2D eigenvalue weighted by Crippen LogP contribution is -1.90. The maximum absolute atomic E-state index is 13.8. The highest BCUT2D eigenvalue weighted by Gasteiger charge is 2.13. The van der Waals surface area contributed by atoms with E-state index in [1.54, 1.807) is 0 Å². The number of benzene rings is 2. The average Bonchev–Trinajstić information content (AvgIpc) is 2.51. The van der Waals surface area contributed by atoms with E-state index in [0.29, 0.717) is 16.0 Å². The Kier molecular flexibility index (Phi) is 3.55. The Balaban J connectivity index is 2.19. The van der Waals surface area contributed by atoms with Crippen LogP contribution in [0.15, 0.2) is 58.5 Å². The minimum Gasteiger partial charge on any atom is -0.255 e. The van der Waals surface area contributed by atoms with E-state index in [1.165, 1.54) is 6.20 Å². The van der Waals surface area contributed by atoms with Gasteiger partial charge in [-0.25, -0.2) is 8.78 Å². The monoisotopic (exact) mass is 298 g/mol. The summed E-state index contributed by atoms with van der Waals surface area (Å²) < 4.78 is 27.1. The Morgan fingerprint density at radius 1 is 1.10 bits per heavy atom. The fraction of sp³-hybridized carbons (Fsp3) is 0. The number of pyridine rings is 1. The lowest BCUT2D eigenvalue weighted by Gasteiger charge is -2.08. The van der Waals surface area contributed by atoms with Gasteiger partial charge in [-0.15, -0.1) is 0 Å². The summed E-state index contributed by atoms with van der Waals surface area (Å²) in [5.74, 6) is -1.04. The highest BCUT2D eigenvalue weighted by molar-refractivity contribution is 7.99. The highest BCUT2D eigenvalue weighted by Crippen LogP contribution is 2.36. The Morgan fingerprint density at radius 2 is 1.90 bits per heavy atom. The molecule has 2 nitrogen and oxygen atoms in total. The Morgan fingerprint density at radius 3 is 2.71 bits per heavy atom. The summed E-state index contributed by atoms with van der Waals surface area (Å²) in [6.45, 7) is 0. The molecule has 5 heteroatoms. The number of hydrogen-bond acceptors (Lipinski definition) is 3. The zero-order valence-electron chi connectivity index (χ0n) is 10.7. The molecule has 0 atom stereocenters. The molecule has 0 saturated heterocycles. The summed E-state index contributed by atoms with van der Waals surface area (Å²) in [6, 6.07) is 12.6.